The molecule has 190 valence electrons. The minimum absolute atomic E-state index is 0.177. The quantitative estimate of drug-likeness (QED) is 0.258. The van der Waals surface area contributed by atoms with E-state index in [-0.39, 0.29) is 12.2 Å². The molecule has 0 radical (unpaired) electrons. The molecule has 0 aliphatic carbocycles. The van der Waals surface area contributed by atoms with Gasteiger partial charge in [0.25, 0.3) is 11.8 Å². The summed E-state index contributed by atoms with van der Waals surface area (Å²) in [4.78, 5) is 39.6. The van der Waals surface area contributed by atoms with E-state index in [1.165, 1.54) is 6.08 Å². The van der Waals surface area contributed by atoms with Gasteiger partial charge in [0.15, 0.2) is 11.5 Å². The first-order valence-electron chi connectivity index (χ1n) is 11.5. The van der Waals surface area contributed by atoms with Gasteiger partial charge in [0.2, 0.25) is 0 Å². The number of benzene rings is 3. The Morgan fingerprint density at radius 1 is 1.00 bits per heavy atom. The summed E-state index contributed by atoms with van der Waals surface area (Å²) in [5.41, 5.74) is 3.40. The Hall–Kier alpha value is -3.62. The smallest absolute Gasteiger partial charge is 0.335 e. The second kappa shape index (κ2) is 11.2. The SMILES string of the molecule is CCOc1cc(/C=C2\C(=O)NC(=O)N(c3ccc(C)cc3C)C2=O)cc(Br)c1OCc1ccc(Cl)cc1. The summed E-state index contributed by atoms with van der Waals surface area (Å²) in [6.07, 6.45) is 1.43. The summed E-state index contributed by atoms with van der Waals surface area (Å²) >= 11 is 9.47. The minimum atomic E-state index is -0.791. The standard InChI is InChI=1S/C28H24BrClN2O5/c1-4-36-24-14-19(13-22(29)25(24)37-15-18-6-8-20(30)9-7-18)12-21-26(33)31-28(35)32(27(21)34)23-10-5-16(2)11-17(23)3/h5-14H,4,15H2,1-3H3,(H,31,33,35)/b21-12+. The molecule has 0 atom stereocenters. The predicted octanol–water partition coefficient (Wildman–Crippen LogP) is 6.36. The molecular formula is C28H24BrClN2O5. The molecule has 7 nitrogen and oxygen atoms in total. The number of rotatable bonds is 7. The fourth-order valence-electron chi connectivity index (χ4n) is 3.91. The van der Waals surface area contributed by atoms with Crippen molar-refractivity contribution < 1.29 is 23.9 Å². The van der Waals surface area contributed by atoms with Gasteiger partial charge in [0.1, 0.15) is 12.2 Å². The monoisotopic (exact) mass is 582 g/mol. The summed E-state index contributed by atoms with van der Waals surface area (Å²) in [5, 5.41) is 2.90. The van der Waals surface area contributed by atoms with Crippen molar-refractivity contribution >= 4 is 57.1 Å². The van der Waals surface area contributed by atoms with Gasteiger partial charge in [-0.15, -0.1) is 0 Å². The average Bonchev–Trinajstić information content (AvgIpc) is 2.84. The molecule has 0 saturated carbocycles. The van der Waals surface area contributed by atoms with E-state index < -0.39 is 17.8 Å². The van der Waals surface area contributed by atoms with E-state index in [0.29, 0.717) is 38.9 Å². The first-order chi connectivity index (χ1) is 17.7. The number of aryl methyl sites for hydroxylation is 2. The normalized spacial score (nSPS) is 14.7. The Labute approximate surface area is 228 Å². The van der Waals surface area contributed by atoms with Crippen molar-refractivity contribution in [2.75, 3.05) is 11.5 Å². The van der Waals surface area contributed by atoms with Crippen LogP contribution in [0.15, 0.2) is 64.6 Å². The number of carbonyl (C=O) groups excluding carboxylic acids is 3. The van der Waals surface area contributed by atoms with Gasteiger partial charge in [-0.3, -0.25) is 14.9 Å². The number of barbiturate groups is 1. The van der Waals surface area contributed by atoms with Gasteiger partial charge in [-0.1, -0.05) is 41.4 Å². The van der Waals surface area contributed by atoms with E-state index in [9.17, 15) is 14.4 Å². The molecule has 1 N–H and O–H groups in total. The number of nitrogens with zero attached hydrogens (tertiary/aromatic N) is 1. The lowest BCUT2D eigenvalue weighted by Crippen LogP contribution is -2.54. The number of ether oxygens (including phenoxy) is 2. The average molecular weight is 584 g/mol. The molecule has 0 aromatic heterocycles. The summed E-state index contributed by atoms with van der Waals surface area (Å²) in [7, 11) is 0. The molecule has 1 aliphatic rings. The molecule has 1 heterocycles. The van der Waals surface area contributed by atoms with Crippen molar-refractivity contribution in [1.29, 1.82) is 0 Å². The third-order valence-electron chi connectivity index (χ3n) is 5.63. The zero-order valence-electron chi connectivity index (χ0n) is 20.4. The zero-order valence-corrected chi connectivity index (χ0v) is 22.8. The van der Waals surface area contributed by atoms with Gasteiger partial charge in [-0.2, -0.15) is 0 Å². The van der Waals surface area contributed by atoms with Crippen molar-refractivity contribution in [1.82, 2.24) is 5.32 Å². The van der Waals surface area contributed by atoms with Gasteiger partial charge in [0.05, 0.1) is 16.8 Å². The van der Waals surface area contributed by atoms with Crippen LogP contribution < -0.4 is 19.7 Å². The number of hydrogen-bond acceptors (Lipinski definition) is 5. The van der Waals surface area contributed by atoms with Crippen LogP contribution >= 0.6 is 27.5 Å². The number of urea groups is 1. The van der Waals surface area contributed by atoms with Crippen LogP contribution in [-0.2, 0) is 16.2 Å². The third kappa shape index (κ3) is 5.87. The second-order valence-corrected chi connectivity index (χ2v) is 9.72. The van der Waals surface area contributed by atoms with Gasteiger partial charge < -0.3 is 9.47 Å². The molecular weight excluding hydrogens is 560 g/mol. The predicted molar refractivity (Wildman–Crippen MR) is 146 cm³/mol. The molecule has 9 heteroatoms. The number of hydrogen-bond donors (Lipinski definition) is 1. The van der Waals surface area contributed by atoms with Crippen LogP contribution in [0, 0.1) is 13.8 Å². The maximum Gasteiger partial charge on any atom is 0.335 e. The molecule has 3 aromatic rings. The molecule has 4 amide bonds. The highest BCUT2D eigenvalue weighted by atomic mass is 79.9. The van der Waals surface area contributed by atoms with Crippen molar-refractivity contribution in [2.24, 2.45) is 0 Å². The molecule has 3 aromatic carbocycles. The number of nitrogens with one attached hydrogen (secondary N) is 1. The summed E-state index contributed by atoms with van der Waals surface area (Å²) < 4.78 is 12.4. The van der Waals surface area contributed by atoms with Crippen LogP contribution in [0.3, 0.4) is 0 Å². The Bertz CT molecular complexity index is 1420. The molecule has 1 fully saturated rings. The van der Waals surface area contributed by atoms with Crippen LogP contribution in [-0.4, -0.2) is 24.5 Å². The number of carbonyl (C=O) groups is 3. The van der Waals surface area contributed by atoms with E-state index in [4.69, 9.17) is 21.1 Å². The van der Waals surface area contributed by atoms with Crippen LogP contribution in [0.25, 0.3) is 6.08 Å². The van der Waals surface area contributed by atoms with Gasteiger partial charge in [0, 0.05) is 5.02 Å². The highest BCUT2D eigenvalue weighted by molar-refractivity contribution is 9.10. The van der Waals surface area contributed by atoms with Crippen LogP contribution in [0.5, 0.6) is 11.5 Å². The lowest BCUT2D eigenvalue weighted by Gasteiger charge is -2.27. The zero-order chi connectivity index (χ0) is 26.7. The number of imide groups is 2. The molecule has 37 heavy (non-hydrogen) atoms. The van der Waals surface area contributed by atoms with Crippen molar-refractivity contribution in [2.45, 2.75) is 27.4 Å². The Kier molecular flexibility index (Phi) is 8.00. The third-order valence-corrected chi connectivity index (χ3v) is 6.48. The largest absolute Gasteiger partial charge is 0.490 e. The van der Waals surface area contributed by atoms with E-state index in [1.54, 1.807) is 43.3 Å². The maximum absolute atomic E-state index is 13.3. The lowest BCUT2D eigenvalue weighted by molar-refractivity contribution is -0.122. The first-order valence-corrected chi connectivity index (χ1v) is 12.7. The van der Waals surface area contributed by atoms with Crippen molar-refractivity contribution in [3.63, 3.8) is 0 Å². The van der Waals surface area contributed by atoms with Gasteiger partial charge in [-0.05, 0) is 89.8 Å². The fraction of sp³-hybridized carbons (Fsp3) is 0.179. The summed E-state index contributed by atoms with van der Waals surface area (Å²) in [6.45, 7) is 6.22. The van der Waals surface area contributed by atoms with E-state index in [1.807, 2.05) is 32.0 Å². The van der Waals surface area contributed by atoms with E-state index in [2.05, 4.69) is 21.2 Å². The fourth-order valence-corrected chi connectivity index (χ4v) is 4.61. The van der Waals surface area contributed by atoms with Gasteiger partial charge >= 0.3 is 6.03 Å². The van der Waals surface area contributed by atoms with Crippen LogP contribution in [0.2, 0.25) is 5.02 Å². The topological polar surface area (TPSA) is 84.9 Å². The lowest BCUT2D eigenvalue weighted by atomic mass is 10.0. The van der Waals surface area contributed by atoms with Gasteiger partial charge in [-0.25, -0.2) is 9.69 Å². The first kappa shape index (κ1) is 26.4. The minimum Gasteiger partial charge on any atom is -0.490 e. The molecule has 4 rings (SSSR count). The van der Waals surface area contributed by atoms with Crippen molar-refractivity contribution in [3.05, 3.63) is 91.9 Å². The van der Waals surface area contributed by atoms with Crippen LogP contribution in [0.4, 0.5) is 10.5 Å². The summed E-state index contributed by atoms with van der Waals surface area (Å²) in [6, 6.07) is 15.3. The number of amides is 4. The molecule has 0 unspecified atom stereocenters. The van der Waals surface area contributed by atoms with Crippen LogP contribution in [0.1, 0.15) is 29.2 Å². The number of anilines is 1. The van der Waals surface area contributed by atoms with E-state index >= 15 is 0 Å². The van der Waals surface area contributed by atoms with Crippen molar-refractivity contribution in [3.8, 4) is 11.5 Å². The highest BCUT2D eigenvalue weighted by Crippen LogP contribution is 2.38. The Morgan fingerprint density at radius 2 is 1.73 bits per heavy atom. The second-order valence-electron chi connectivity index (χ2n) is 8.43. The highest BCUT2D eigenvalue weighted by Gasteiger charge is 2.37. The Balaban J connectivity index is 1.67. The molecule has 0 bridgehead atoms. The molecule has 1 aliphatic heterocycles. The Morgan fingerprint density at radius 3 is 2.41 bits per heavy atom. The molecule has 1 saturated heterocycles. The summed E-state index contributed by atoms with van der Waals surface area (Å²) in [5.74, 6) is -0.569. The molecule has 0 spiro atoms. The number of halogens is 2. The maximum atomic E-state index is 13.3. The van der Waals surface area contributed by atoms with E-state index in [0.717, 1.165) is 21.6 Å².